The summed E-state index contributed by atoms with van der Waals surface area (Å²) in [6.45, 7) is 2.95. The van der Waals surface area contributed by atoms with E-state index in [2.05, 4.69) is 57.8 Å². The number of carbonyl (C=O) groups excluding carboxylic acids is 9. The minimum atomic E-state index is -1.81. The number of benzene rings is 2. The number of hydrogen-bond acceptors (Lipinski definition) is 17. The number of rotatable bonds is 43. The number of aromatic nitrogens is 2. The number of unbranched alkanes of at least 4 members (excludes halogenated alkanes) is 2. The number of aromatic amines is 1. The molecule has 0 aliphatic heterocycles. The minimum absolute atomic E-state index is 0.0185. The van der Waals surface area contributed by atoms with Gasteiger partial charge in [-0.25, -0.2) is 9.78 Å². The molecule has 0 aliphatic carbocycles. The predicted molar refractivity (Wildman–Crippen MR) is 318 cm³/mol. The maximum absolute atomic E-state index is 14.3. The minimum Gasteiger partial charge on any atom is -0.481 e. The van der Waals surface area contributed by atoms with Crippen LogP contribution in [0.15, 0.2) is 73.2 Å². The molecule has 89 heavy (non-hydrogen) atoms. The fraction of sp³-hybridized carbons (Fsp3) is 0.517. The van der Waals surface area contributed by atoms with Crippen molar-refractivity contribution in [2.45, 2.75) is 165 Å². The van der Waals surface area contributed by atoms with Gasteiger partial charge in [0.15, 0.2) is 0 Å². The number of imidazole rings is 1. The highest BCUT2D eigenvalue weighted by Gasteiger charge is 2.36. The van der Waals surface area contributed by atoms with Crippen molar-refractivity contribution in [3.05, 3.63) is 90.0 Å². The van der Waals surface area contributed by atoms with Crippen molar-refractivity contribution >= 4 is 77.0 Å². The summed E-state index contributed by atoms with van der Waals surface area (Å²) in [4.78, 5) is 179. The molecule has 9 amide bonds. The van der Waals surface area contributed by atoms with E-state index in [1.807, 2.05) is 0 Å². The van der Waals surface area contributed by atoms with Crippen molar-refractivity contribution in [1.82, 2.24) is 57.8 Å². The number of carbonyl (C=O) groups is 13. The normalized spacial score (nSPS) is 14.0. The molecule has 3 aromatic rings. The van der Waals surface area contributed by atoms with Gasteiger partial charge in [0, 0.05) is 37.6 Å². The van der Waals surface area contributed by atoms with E-state index in [1.165, 1.54) is 12.5 Å². The van der Waals surface area contributed by atoms with Gasteiger partial charge in [-0.1, -0.05) is 74.5 Å². The summed E-state index contributed by atoms with van der Waals surface area (Å²) in [7, 11) is 0. The molecule has 1 aromatic heterocycles. The van der Waals surface area contributed by atoms with Crippen LogP contribution < -0.4 is 65.1 Å². The van der Waals surface area contributed by atoms with Gasteiger partial charge in [0.05, 0.1) is 25.3 Å². The lowest BCUT2D eigenvalue weighted by Crippen LogP contribution is -2.60. The van der Waals surface area contributed by atoms with Crippen LogP contribution in [0.5, 0.6) is 0 Å². The van der Waals surface area contributed by atoms with E-state index in [-0.39, 0.29) is 63.2 Å². The van der Waals surface area contributed by atoms with Gasteiger partial charge in [-0.15, -0.1) is 0 Å². The maximum Gasteiger partial charge on any atom is 0.326 e. The summed E-state index contributed by atoms with van der Waals surface area (Å²) in [6, 6.07) is 3.53. The van der Waals surface area contributed by atoms with Gasteiger partial charge in [0.2, 0.25) is 53.2 Å². The fourth-order valence-electron chi connectivity index (χ4n) is 8.97. The highest BCUT2D eigenvalue weighted by molar-refractivity contribution is 5.99. The second kappa shape index (κ2) is 39.4. The highest BCUT2D eigenvalue weighted by Crippen LogP contribution is 2.13. The fourth-order valence-corrected chi connectivity index (χ4v) is 8.97. The quantitative estimate of drug-likeness (QED) is 0.0257. The van der Waals surface area contributed by atoms with Crippen LogP contribution in [0.4, 0.5) is 0 Å². The third-order valence-electron chi connectivity index (χ3n) is 13.7. The van der Waals surface area contributed by atoms with Crippen molar-refractivity contribution in [3.63, 3.8) is 0 Å². The van der Waals surface area contributed by atoms with E-state index in [0.717, 1.165) is 5.56 Å². The topological polar surface area (TPSA) is 518 Å². The average Bonchev–Trinajstić information content (AvgIpc) is 3.73. The van der Waals surface area contributed by atoms with Crippen LogP contribution in [0, 0.1) is 5.92 Å². The maximum atomic E-state index is 14.3. The smallest absolute Gasteiger partial charge is 0.326 e. The van der Waals surface area contributed by atoms with Gasteiger partial charge in [-0.2, -0.15) is 0 Å². The number of aliphatic carboxylic acids is 4. The van der Waals surface area contributed by atoms with Gasteiger partial charge in [0.25, 0.3) is 0 Å². The third-order valence-corrected chi connectivity index (χ3v) is 13.7. The number of nitrogens with two attached hydrogens (primary N) is 3. The average molecular weight is 1250 g/mol. The summed E-state index contributed by atoms with van der Waals surface area (Å²) >= 11 is 0. The number of nitrogens with zero attached hydrogens (tertiary/aromatic N) is 1. The first kappa shape index (κ1) is 73.9. The monoisotopic (exact) mass is 1250 g/mol. The lowest BCUT2D eigenvalue weighted by atomic mass is 10.0. The molecular weight excluding hydrogens is 1160 g/mol. The largest absolute Gasteiger partial charge is 0.481 e. The summed E-state index contributed by atoms with van der Waals surface area (Å²) in [5.41, 5.74) is 19.0. The molecule has 3 rings (SSSR count). The van der Waals surface area contributed by atoms with Crippen LogP contribution in [-0.2, 0) is 81.6 Å². The molecule has 20 N–H and O–H groups in total. The summed E-state index contributed by atoms with van der Waals surface area (Å²) in [5.74, 6) is -15.2. The molecular formula is C58H84N14O17. The molecule has 0 radical (unpaired) electrons. The number of hydrogen-bond donors (Lipinski definition) is 17. The third kappa shape index (κ3) is 28.8. The molecule has 0 fully saturated rings. The van der Waals surface area contributed by atoms with E-state index in [0.29, 0.717) is 31.2 Å². The summed E-state index contributed by atoms with van der Waals surface area (Å²) in [5, 5.41) is 60.7. The molecule has 9 atom stereocenters. The summed E-state index contributed by atoms with van der Waals surface area (Å²) < 4.78 is 0. The van der Waals surface area contributed by atoms with Crippen molar-refractivity contribution in [3.8, 4) is 0 Å². The molecule has 488 valence electrons. The Morgan fingerprint density at radius 1 is 0.472 bits per heavy atom. The molecule has 0 saturated carbocycles. The van der Waals surface area contributed by atoms with Gasteiger partial charge in [-0.3, -0.25) is 57.5 Å². The van der Waals surface area contributed by atoms with Crippen LogP contribution in [0.2, 0.25) is 0 Å². The number of carboxylic acids is 4. The van der Waals surface area contributed by atoms with Crippen molar-refractivity contribution < 1.29 is 82.8 Å². The summed E-state index contributed by atoms with van der Waals surface area (Å²) in [6.07, 6.45) is 0.0561. The van der Waals surface area contributed by atoms with E-state index >= 15 is 0 Å². The number of amides is 9. The van der Waals surface area contributed by atoms with Crippen molar-refractivity contribution in [1.29, 1.82) is 0 Å². The Labute approximate surface area is 513 Å². The zero-order valence-electron chi connectivity index (χ0n) is 49.7. The molecule has 0 unspecified atom stereocenters. The highest BCUT2D eigenvalue weighted by atomic mass is 16.4. The van der Waals surface area contributed by atoms with Crippen LogP contribution >= 0.6 is 0 Å². The molecule has 2 aromatic carbocycles. The molecule has 0 bridgehead atoms. The zero-order valence-corrected chi connectivity index (χ0v) is 49.7. The predicted octanol–water partition coefficient (Wildman–Crippen LogP) is -2.65. The Bertz CT molecular complexity index is 2830. The standard InChI is InChI=1S/C58H84N14O17/c1-33(2)25-42(69-57(87)45(29-49(78)79)72-52(82)38(17-9-11-23-59)66-50(80)37(61)26-34-13-5-3-6-14-34)51(81)63-31-46(73)65-39(19-21-47(74)75)53(83)67-40(20-22-48(76)77)54(84)71-44(28-36-30-62-32-64-36)56(86)70-43(27-35-15-7-4-8-16-35)55(85)68-41(58(88)89)18-10-12-24-60/h3-8,13-16,30,32-33,37-45H,9-12,17-29,31,59-61H2,1-2H3,(H,62,64)(H,63,81)(H,65,73)(H,66,80)(H,67,83)(H,68,85)(H,69,87)(H,70,86)(H,71,84)(H,72,82)(H,74,75)(H,76,77)(H,78,79)(H,88,89)/t37-,38-,39-,40-,41-,42-,43-,44-,45-/m0/s1. The van der Waals surface area contributed by atoms with Crippen molar-refractivity contribution in [2.75, 3.05) is 19.6 Å². The Morgan fingerprint density at radius 3 is 1.38 bits per heavy atom. The Hall–Kier alpha value is -9.36. The van der Waals surface area contributed by atoms with Gasteiger partial charge in [0.1, 0.15) is 48.3 Å². The lowest BCUT2D eigenvalue weighted by Gasteiger charge is -2.27. The van der Waals surface area contributed by atoms with Gasteiger partial charge < -0.3 is 90.5 Å². The molecule has 0 saturated heterocycles. The first-order chi connectivity index (χ1) is 42.3. The molecule has 0 aliphatic rings. The van der Waals surface area contributed by atoms with Gasteiger partial charge >= 0.3 is 23.9 Å². The van der Waals surface area contributed by atoms with Crippen LogP contribution in [0.3, 0.4) is 0 Å². The van der Waals surface area contributed by atoms with E-state index in [9.17, 15) is 82.8 Å². The first-order valence-electron chi connectivity index (χ1n) is 29.1. The second-order valence-corrected chi connectivity index (χ2v) is 21.5. The molecule has 1 heterocycles. The van der Waals surface area contributed by atoms with Gasteiger partial charge in [-0.05, 0) is 94.3 Å². The zero-order chi connectivity index (χ0) is 66.0. The van der Waals surface area contributed by atoms with E-state index in [4.69, 9.17) is 17.2 Å². The SMILES string of the molecule is CC(C)C[C@H](NC(=O)[C@H](CC(=O)O)NC(=O)[C@H](CCCCN)NC(=O)[C@@H](N)Cc1ccccc1)C(=O)NCC(=O)N[C@@H](CCC(=O)O)C(=O)N[C@@H](CCC(=O)O)C(=O)N[C@@H](Cc1cnc[nH]1)C(=O)N[C@@H](Cc1ccccc1)C(=O)N[C@@H](CCCCN)C(=O)O. The molecule has 31 nitrogen and oxygen atoms in total. The number of H-pyrrole nitrogens is 1. The molecule has 31 heteroatoms. The number of carboxylic acid groups (broad SMARTS) is 4. The Balaban J connectivity index is 1.83. The van der Waals surface area contributed by atoms with Crippen molar-refractivity contribution in [2.24, 2.45) is 23.1 Å². The number of nitrogens with one attached hydrogen (secondary N) is 10. The Kier molecular flexibility index (Phi) is 32.7. The van der Waals surface area contributed by atoms with E-state index in [1.54, 1.807) is 74.5 Å². The van der Waals surface area contributed by atoms with Crippen LogP contribution in [-0.4, -0.2) is 181 Å². The van der Waals surface area contributed by atoms with Crippen LogP contribution in [0.25, 0.3) is 0 Å². The van der Waals surface area contributed by atoms with Crippen LogP contribution in [0.1, 0.15) is 108 Å². The first-order valence-corrected chi connectivity index (χ1v) is 29.1. The lowest BCUT2D eigenvalue weighted by molar-refractivity contribution is -0.142. The second-order valence-electron chi connectivity index (χ2n) is 21.5. The van der Waals surface area contributed by atoms with E-state index < -0.39 is 170 Å². The molecule has 0 spiro atoms. The Morgan fingerprint density at radius 2 is 0.899 bits per heavy atom.